The van der Waals surface area contributed by atoms with Crippen molar-refractivity contribution in [2.45, 2.75) is 32.2 Å². The first kappa shape index (κ1) is 11.0. The predicted octanol–water partition coefficient (Wildman–Crippen LogP) is 1.79. The Morgan fingerprint density at radius 2 is 2.42 bits per heavy atom. The van der Waals surface area contributed by atoms with Crippen molar-refractivity contribution >= 4 is 17.5 Å². The topological polar surface area (TPSA) is 82.4 Å². The minimum atomic E-state index is -2.10. The van der Waals surface area contributed by atoms with Gasteiger partial charge in [-0.3, -0.25) is 10.2 Å². The Hall–Kier alpha value is -1.88. The number of aliphatic hydroxyl groups is 1. The van der Waals surface area contributed by atoms with E-state index < -0.39 is 17.9 Å². The number of nitrogens with one attached hydrogen (secondary N) is 2. The molecule has 0 saturated heterocycles. The molecule has 1 atom stereocenters. The molecule has 0 radical (unpaired) electrons. The second-order valence-corrected chi connectivity index (χ2v) is 4.38. The smallest absolute Gasteiger partial charge is 0.221 e. The molecule has 19 heavy (non-hydrogen) atoms. The first-order valence-corrected chi connectivity index (χ1v) is 6.07. The third-order valence-electron chi connectivity index (χ3n) is 2.97. The maximum absolute atomic E-state index is 11.1. The summed E-state index contributed by atoms with van der Waals surface area (Å²) in [7, 11) is 0. The van der Waals surface area contributed by atoms with Crippen LogP contribution < -0.4 is 5.32 Å². The molecule has 1 aromatic rings. The molecular weight excluding hydrogens is 244 g/mol. The van der Waals surface area contributed by atoms with Gasteiger partial charge in [-0.1, -0.05) is 6.07 Å². The SMILES string of the molecule is [2H]C1([2H])Cc2cc(NC(C)=O)ccc2C1(O)C(=N)OCC. The van der Waals surface area contributed by atoms with Crippen molar-refractivity contribution in [1.82, 2.24) is 0 Å². The number of hydrogen-bond acceptors (Lipinski definition) is 4. The quantitative estimate of drug-likeness (QED) is 0.575. The van der Waals surface area contributed by atoms with Gasteiger partial charge >= 0.3 is 0 Å². The van der Waals surface area contributed by atoms with Crippen LogP contribution in [0.1, 0.15) is 34.1 Å². The third kappa shape index (κ3) is 2.46. The van der Waals surface area contributed by atoms with Crippen LogP contribution in [0.3, 0.4) is 0 Å². The number of benzene rings is 1. The monoisotopic (exact) mass is 264 g/mol. The minimum absolute atomic E-state index is 0.0539. The number of hydrogen-bond donors (Lipinski definition) is 3. The van der Waals surface area contributed by atoms with Gasteiger partial charge in [0.25, 0.3) is 0 Å². The van der Waals surface area contributed by atoms with Crippen LogP contribution in [0.4, 0.5) is 5.69 Å². The molecule has 5 heteroatoms. The number of carbonyl (C=O) groups is 1. The van der Waals surface area contributed by atoms with E-state index in [0.29, 0.717) is 16.8 Å². The molecule has 1 aromatic carbocycles. The molecular formula is C14H18N2O3. The zero-order valence-corrected chi connectivity index (χ0v) is 10.9. The lowest BCUT2D eigenvalue weighted by atomic mass is 9.95. The van der Waals surface area contributed by atoms with Crippen molar-refractivity contribution in [1.29, 1.82) is 5.41 Å². The molecule has 0 heterocycles. The van der Waals surface area contributed by atoms with Crippen LogP contribution in [0.15, 0.2) is 18.2 Å². The normalized spacial score (nSPS) is 25.0. The Bertz CT molecular complexity index is 604. The van der Waals surface area contributed by atoms with Crippen LogP contribution in [0.25, 0.3) is 0 Å². The number of ether oxygens (including phenoxy) is 1. The highest BCUT2D eigenvalue weighted by Crippen LogP contribution is 2.39. The average Bonchev–Trinajstić information content (AvgIpc) is 2.56. The lowest BCUT2D eigenvalue weighted by Crippen LogP contribution is -2.34. The Morgan fingerprint density at radius 3 is 3.05 bits per heavy atom. The molecule has 1 unspecified atom stereocenters. The van der Waals surface area contributed by atoms with E-state index in [1.807, 2.05) is 0 Å². The molecule has 0 fully saturated rings. The summed E-state index contributed by atoms with van der Waals surface area (Å²) in [6.07, 6.45) is -2.10. The predicted molar refractivity (Wildman–Crippen MR) is 72.3 cm³/mol. The molecule has 2 rings (SSSR count). The number of fused-ring (bicyclic) bond motifs is 1. The minimum Gasteiger partial charge on any atom is -0.479 e. The van der Waals surface area contributed by atoms with E-state index in [9.17, 15) is 9.90 Å². The van der Waals surface area contributed by atoms with Crippen LogP contribution in [0.2, 0.25) is 0 Å². The van der Waals surface area contributed by atoms with E-state index >= 15 is 0 Å². The molecule has 5 nitrogen and oxygen atoms in total. The van der Waals surface area contributed by atoms with Crippen molar-refractivity contribution in [3.8, 4) is 0 Å². The molecule has 0 spiro atoms. The van der Waals surface area contributed by atoms with Gasteiger partial charge in [0, 0.05) is 15.4 Å². The number of aryl methyl sites for hydroxylation is 1. The summed E-state index contributed by atoms with van der Waals surface area (Å²) in [5.41, 5.74) is -0.713. The summed E-state index contributed by atoms with van der Waals surface area (Å²) in [5.74, 6) is -0.727. The Morgan fingerprint density at radius 1 is 1.68 bits per heavy atom. The average molecular weight is 264 g/mol. The van der Waals surface area contributed by atoms with Crippen LogP contribution in [-0.2, 0) is 21.6 Å². The standard InChI is InChI=1S/C14H18N2O3/c1-3-19-13(15)14(18)7-6-10-8-11(16-9(2)17)4-5-12(10)14/h4-5,8,15,18H,3,6-7H2,1-2H3,(H,16,17)/i7D2. The van der Waals surface area contributed by atoms with Crippen molar-refractivity contribution in [2.24, 2.45) is 0 Å². The number of rotatable bonds is 3. The van der Waals surface area contributed by atoms with Gasteiger partial charge in [0.15, 0.2) is 5.60 Å². The fourth-order valence-corrected chi connectivity index (χ4v) is 2.14. The molecule has 1 aliphatic carbocycles. The van der Waals surface area contributed by atoms with E-state index in [4.69, 9.17) is 12.9 Å². The summed E-state index contributed by atoms with van der Waals surface area (Å²) in [5, 5.41) is 21.2. The Labute approximate surface area is 114 Å². The van der Waals surface area contributed by atoms with Crippen molar-refractivity contribution in [3.63, 3.8) is 0 Å². The van der Waals surface area contributed by atoms with Gasteiger partial charge < -0.3 is 15.2 Å². The van der Waals surface area contributed by atoms with Crippen molar-refractivity contribution in [3.05, 3.63) is 29.3 Å². The largest absolute Gasteiger partial charge is 0.479 e. The molecule has 0 bridgehead atoms. The van der Waals surface area contributed by atoms with Crippen LogP contribution in [0.5, 0.6) is 0 Å². The Kier molecular flexibility index (Phi) is 2.90. The van der Waals surface area contributed by atoms with Crippen molar-refractivity contribution in [2.75, 3.05) is 11.9 Å². The van der Waals surface area contributed by atoms with E-state index in [-0.39, 0.29) is 18.9 Å². The maximum Gasteiger partial charge on any atom is 0.221 e. The van der Waals surface area contributed by atoms with E-state index in [2.05, 4.69) is 5.32 Å². The fraction of sp³-hybridized carbons (Fsp3) is 0.429. The Balaban J connectivity index is 2.47. The first-order chi connectivity index (χ1) is 9.72. The van der Waals surface area contributed by atoms with Gasteiger partial charge in [-0.05, 0) is 43.0 Å². The second-order valence-electron chi connectivity index (χ2n) is 4.38. The maximum atomic E-state index is 11.1. The van der Waals surface area contributed by atoms with Crippen LogP contribution in [0, 0.1) is 5.41 Å². The van der Waals surface area contributed by atoms with Gasteiger partial charge in [0.1, 0.15) is 0 Å². The van der Waals surface area contributed by atoms with E-state index in [1.54, 1.807) is 19.1 Å². The van der Waals surface area contributed by atoms with Gasteiger partial charge in [0.2, 0.25) is 11.8 Å². The summed E-state index contributed by atoms with van der Waals surface area (Å²) in [6, 6.07) is 4.72. The zero-order valence-electron chi connectivity index (χ0n) is 12.9. The lowest BCUT2D eigenvalue weighted by molar-refractivity contribution is -0.114. The highest BCUT2D eigenvalue weighted by Gasteiger charge is 2.42. The second kappa shape index (κ2) is 5.01. The van der Waals surface area contributed by atoms with Gasteiger partial charge in [-0.15, -0.1) is 0 Å². The third-order valence-corrected chi connectivity index (χ3v) is 2.97. The molecule has 1 amide bonds. The molecule has 0 aliphatic heterocycles. The number of amides is 1. The molecule has 0 saturated carbocycles. The van der Waals surface area contributed by atoms with E-state index in [1.165, 1.54) is 13.0 Å². The molecule has 1 aliphatic rings. The first-order valence-electron chi connectivity index (χ1n) is 7.07. The van der Waals surface area contributed by atoms with E-state index in [0.717, 1.165) is 0 Å². The van der Waals surface area contributed by atoms with Crippen LogP contribution >= 0.6 is 0 Å². The summed E-state index contributed by atoms with van der Waals surface area (Å²) < 4.78 is 21.2. The summed E-state index contributed by atoms with van der Waals surface area (Å²) in [4.78, 5) is 11.1. The highest BCUT2D eigenvalue weighted by molar-refractivity contribution is 5.89. The van der Waals surface area contributed by atoms with Gasteiger partial charge in [0.05, 0.1) is 6.61 Å². The van der Waals surface area contributed by atoms with Crippen molar-refractivity contribution < 1.29 is 17.4 Å². The zero-order chi connectivity index (χ0) is 15.8. The number of anilines is 1. The molecule has 0 aromatic heterocycles. The summed E-state index contributed by atoms with van der Waals surface area (Å²) in [6.45, 7) is 3.23. The summed E-state index contributed by atoms with van der Waals surface area (Å²) >= 11 is 0. The fourth-order valence-electron chi connectivity index (χ4n) is 2.14. The highest BCUT2D eigenvalue weighted by atomic mass is 16.5. The number of carbonyl (C=O) groups excluding carboxylic acids is 1. The molecule has 3 N–H and O–H groups in total. The molecule has 102 valence electrons. The lowest BCUT2D eigenvalue weighted by Gasteiger charge is -2.24. The van der Waals surface area contributed by atoms with Gasteiger partial charge in [-0.25, -0.2) is 0 Å². The van der Waals surface area contributed by atoms with Crippen LogP contribution in [-0.4, -0.2) is 23.5 Å². The van der Waals surface area contributed by atoms with Gasteiger partial charge in [-0.2, -0.15) is 0 Å².